The second-order valence-electron chi connectivity index (χ2n) is 1.57. The van der Waals surface area contributed by atoms with E-state index in [9.17, 15) is 0 Å². The highest BCUT2D eigenvalue weighted by molar-refractivity contribution is 8.02. The molecule has 46 valence electrons. The SMILES string of the molecule is C=CCCC(=C)SC. The molecule has 1 heteroatoms. The van der Waals surface area contributed by atoms with Gasteiger partial charge in [0, 0.05) is 0 Å². The molecule has 0 heterocycles. The van der Waals surface area contributed by atoms with Crippen molar-refractivity contribution >= 4 is 11.8 Å². The first kappa shape index (κ1) is 7.83. The Morgan fingerprint density at radius 1 is 1.75 bits per heavy atom. The Morgan fingerprint density at radius 2 is 2.38 bits per heavy atom. The van der Waals surface area contributed by atoms with Crippen LogP contribution in [0.15, 0.2) is 24.1 Å². The fourth-order valence-electron chi connectivity index (χ4n) is 0.365. The minimum atomic E-state index is 1.06. The fraction of sp³-hybridized carbons (Fsp3) is 0.429. The molecule has 0 aliphatic rings. The Bertz CT molecular complexity index is 84.4. The lowest BCUT2D eigenvalue weighted by Crippen LogP contribution is -1.70. The quantitative estimate of drug-likeness (QED) is 0.525. The first-order chi connectivity index (χ1) is 3.81. The number of allylic oxidation sites excluding steroid dienone is 2. The zero-order chi connectivity index (χ0) is 6.41. The van der Waals surface area contributed by atoms with Gasteiger partial charge in [0.25, 0.3) is 0 Å². The fourth-order valence-corrected chi connectivity index (χ4v) is 0.687. The minimum Gasteiger partial charge on any atom is -0.135 e. The van der Waals surface area contributed by atoms with Crippen LogP contribution in [0.4, 0.5) is 0 Å². The molecule has 0 rings (SSSR count). The summed E-state index contributed by atoms with van der Waals surface area (Å²) in [6, 6.07) is 0. The van der Waals surface area contributed by atoms with Gasteiger partial charge in [0.15, 0.2) is 0 Å². The van der Waals surface area contributed by atoms with Crippen LogP contribution in [-0.4, -0.2) is 6.26 Å². The van der Waals surface area contributed by atoms with Crippen LogP contribution < -0.4 is 0 Å². The van der Waals surface area contributed by atoms with Crippen LogP contribution in [0.3, 0.4) is 0 Å². The summed E-state index contributed by atoms with van der Waals surface area (Å²) in [5.74, 6) is 0. The molecule has 8 heavy (non-hydrogen) atoms. The number of rotatable bonds is 4. The van der Waals surface area contributed by atoms with Crippen molar-refractivity contribution in [1.82, 2.24) is 0 Å². The Morgan fingerprint density at radius 3 is 2.75 bits per heavy atom. The van der Waals surface area contributed by atoms with E-state index < -0.39 is 0 Å². The second-order valence-corrected chi connectivity index (χ2v) is 2.56. The van der Waals surface area contributed by atoms with Gasteiger partial charge in [-0.15, -0.1) is 18.3 Å². The number of hydrogen-bond donors (Lipinski definition) is 0. The average molecular weight is 128 g/mol. The van der Waals surface area contributed by atoms with Gasteiger partial charge in [-0.3, -0.25) is 0 Å². The maximum absolute atomic E-state index is 3.83. The predicted octanol–water partition coefficient (Wildman–Crippen LogP) is 2.83. The van der Waals surface area contributed by atoms with E-state index in [0.717, 1.165) is 12.8 Å². The molecule has 0 N–H and O–H groups in total. The third-order valence-corrected chi connectivity index (χ3v) is 1.70. The van der Waals surface area contributed by atoms with Crippen LogP contribution in [0.5, 0.6) is 0 Å². The summed E-state index contributed by atoms with van der Waals surface area (Å²) in [4.78, 5) is 1.24. The summed E-state index contributed by atoms with van der Waals surface area (Å²) < 4.78 is 0. The molecule has 0 spiro atoms. The standard InChI is InChI=1S/C7H12S/c1-4-5-6-7(2)8-3/h4H,1-2,5-6H2,3H3. The van der Waals surface area contributed by atoms with Gasteiger partial charge in [-0.1, -0.05) is 12.7 Å². The van der Waals surface area contributed by atoms with E-state index in [1.807, 2.05) is 12.3 Å². The number of hydrogen-bond acceptors (Lipinski definition) is 1. The molecule has 0 unspecified atom stereocenters. The monoisotopic (exact) mass is 128 g/mol. The molecule has 0 bridgehead atoms. The highest BCUT2D eigenvalue weighted by Crippen LogP contribution is 2.14. The van der Waals surface area contributed by atoms with E-state index >= 15 is 0 Å². The van der Waals surface area contributed by atoms with E-state index in [1.165, 1.54) is 4.91 Å². The smallest absolute Gasteiger partial charge is 0.0140 e. The Kier molecular flexibility index (Phi) is 4.87. The molecular weight excluding hydrogens is 116 g/mol. The van der Waals surface area contributed by atoms with Crippen LogP contribution in [0.1, 0.15) is 12.8 Å². The molecule has 0 aliphatic carbocycles. The van der Waals surface area contributed by atoms with Crippen molar-refractivity contribution in [2.75, 3.05) is 6.26 Å². The van der Waals surface area contributed by atoms with Gasteiger partial charge in [0.05, 0.1) is 0 Å². The summed E-state index contributed by atoms with van der Waals surface area (Å²) in [7, 11) is 0. The van der Waals surface area contributed by atoms with Crippen LogP contribution >= 0.6 is 11.8 Å². The Hall–Kier alpha value is -0.170. The Labute approximate surface area is 55.7 Å². The van der Waals surface area contributed by atoms with Gasteiger partial charge in [-0.25, -0.2) is 0 Å². The molecule has 0 aromatic carbocycles. The van der Waals surface area contributed by atoms with Crippen LogP contribution in [0.25, 0.3) is 0 Å². The third-order valence-electron chi connectivity index (χ3n) is 0.916. The third kappa shape index (κ3) is 4.00. The minimum absolute atomic E-state index is 1.06. The predicted molar refractivity (Wildman–Crippen MR) is 42.1 cm³/mol. The first-order valence-electron chi connectivity index (χ1n) is 2.64. The molecule has 0 saturated heterocycles. The summed E-state index contributed by atoms with van der Waals surface area (Å²) in [5, 5.41) is 0. The van der Waals surface area contributed by atoms with Crippen molar-refractivity contribution < 1.29 is 0 Å². The van der Waals surface area contributed by atoms with Crippen LogP contribution in [0, 0.1) is 0 Å². The summed E-state index contributed by atoms with van der Waals surface area (Å²) in [6.45, 7) is 7.44. The van der Waals surface area contributed by atoms with Crippen molar-refractivity contribution in [3.63, 3.8) is 0 Å². The maximum Gasteiger partial charge on any atom is -0.0140 e. The highest BCUT2D eigenvalue weighted by atomic mass is 32.2. The first-order valence-corrected chi connectivity index (χ1v) is 3.86. The van der Waals surface area contributed by atoms with Gasteiger partial charge in [-0.05, 0) is 24.0 Å². The van der Waals surface area contributed by atoms with E-state index in [0.29, 0.717) is 0 Å². The molecular formula is C7H12S. The maximum atomic E-state index is 3.83. The van der Waals surface area contributed by atoms with Gasteiger partial charge in [-0.2, -0.15) is 0 Å². The second kappa shape index (κ2) is 4.98. The Balaban J connectivity index is 3.11. The largest absolute Gasteiger partial charge is 0.135 e. The van der Waals surface area contributed by atoms with E-state index in [4.69, 9.17) is 0 Å². The number of thioether (sulfide) groups is 1. The molecule has 0 radical (unpaired) electrons. The van der Waals surface area contributed by atoms with Crippen molar-refractivity contribution in [2.45, 2.75) is 12.8 Å². The van der Waals surface area contributed by atoms with Crippen LogP contribution in [-0.2, 0) is 0 Å². The highest BCUT2D eigenvalue weighted by Gasteiger charge is 1.85. The molecule has 0 aromatic heterocycles. The zero-order valence-electron chi connectivity index (χ0n) is 5.31. The average Bonchev–Trinajstić information content (AvgIpc) is 1.83. The summed E-state index contributed by atoms with van der Waals surface area (Å²) >= 11 is 1.72. The van der Waals surface area contributed by atoms with Crippen LogP contribution in [0.2, 0.25) is 0 Å². The van der Waals surface area contributed by atoms with Gasteiger partial charge in [0.2, 0.25) is 0 Å². The van der Waals surface area contributed by atoms with Gasteiger partial charge >= 0.3 is 0 Å². The molecule has 0 amide bonds. The molecule has 0 atom stereocenters. The molecule has 0 saturated carbocycles. The topological polar surface area (TPSA) is 0 Å². The van der Waals surface area contributed by atoms with E-state index in [-0.39, 0.29) is 0 Å². The molecule has 0 aliphatic heterocycles. The molecule has 0 aromatic rings. The van der Waals surface area contributed by atoms with E-state index in [1.54, 1.807) is 11.8 Å². The van der Waals surface area contributed by atoms with Crippen molar-refractivity contribution in [1.29, 1.82) is 0 Å². The van der Waals surface area contributed by atoms with Gasteiger partial charge in [0.1, 0.15) is 0 Å². The summed E-state index contributed by atoms with van der Waals surface area (Å²) in [6.07, 6.45) is 6.09. The van der Waals surface area contributed by atoms with Gasteiger partial charge < -0.3 is 0 Å². The van der Waals surface area contributed by atoms with Crippen molar-refractivity contribution in [2.24, 2.45) is 0 Å². The lowest BCUT2D eigenvalue weighted by Gasteiger charge is -1.94. The zero-order valence-corrected chi connectivity index (χ0v) is 6.13. The summed E-state index contributed by atoms with van der Waals surface area (Å²) in [5.41, 5.74) is 0. The normalized spacial score (nSPS) is 8.62. The lowest BCUT2D eigenvalue weighted by atomic mass is 10.3. The lowest BCUT2D eigenvalue weighted by molar-refractivity contribution is 1.04. The van der Waals surface area contributed by atoms with E-state index in [2.05, 4.69) is 13.2 Å². The van der Waals surface area contributed by atoms with Crippen molar-refractivity contribution in [3.05, 3.63) is 24.1 Å². The molecule has 0 fully saturated rings. The van der Waals surface area contributed by atoms with Crippen molar-refractivity contribution in [3.8, 4) is 0 Å². The molecule has 0 nitrogen and oxygen atoms in total.